The third kappa shape index (κ3) is 3.77. The first-order valence-electron chi connectivity index (χ1n) is 6.52. The molecule has 6 heteroatoms. The van der Waals surface area contributed by atoms with E-state index in [0.29, 0.717) is 17.9 Å². The highest BCUT2D eigenvalue weighted by molar-refractivity contribution is 9.11. The van der Waals surface area contributed by atoms with Crippen LogP contribution in [0.5, 0.6) is 0 Å². The van der Waals surface area contributed by atoms with Crippen molar-refractivity contribution in [3.05, 3.63) is 44.6 Å². The summed E-state index contributed by atoms with van der Waals surface area (Å²) in [5, 5.41) is 2.09. The Hall–Kier alpha value is -1.53. The molecule has 2 rings (SSSR count). The highest BCUT2D eigenvalue weighted by atomic mass is 79.9. The highest BCUT2D eigenvalue weighted by Crippen LogP contribution is 2.29. The number of esters is 1. The van der Waals surface area contributed by atoms with Crippen LogP contribution < -0.4 is 10.6 Å². The van der Waals surface area contributed by atoms with Gasteiger partial charge in [0, 0.05) is 13.6 Å². The Morgan fingerprint density at radius 2 is 2.24 bits per heavy atom. The standard InChI is InChI=1S/C15H17BrN2O2S/c1-3-20-15(19)11-5-4-6-12(14(11)17)18(2)8-10-7-13(16)21-9-10/h4-7,9H,3,8,17H2,1-2H3. The summed E-state index contributed by atoms with van der Waals surface area (Å²) in [6, 6.07) is 7.48. The molecule has 0 radical (unpaired) electrons. The molecule has 0 saturated carbocycles. The van der Waals surface area contributed by atoms with Gasteiger partial charge >= 0.3 is 5.97 Å². The van der Waals surface area contributed by atoms with Crippen molar-refractivity contribution >= 4 is 44.6 Å². The van der Waals surface area contributed by atoms with Crippen LogP contribution in [0, 0.1) is 0 Å². The molecule has 2 aromatic rings. The number of nitrogens with two attached hydrogens (primary N) is 1. The van der Waals surface area contributed by atoms with Crippen LogP contribution in [0.2, 0.25) is 0 Å². The number of hydrogen-bond donors (Lipinski definition) is 1. The van der Waals surface area contributed by atoms with Crippen molar-refractivity contribution in [3.63, 3.8) is 0 Å². The first kappa shape index (κ1) is 15.9. The summed E-state index contributed by atoms with van der Waals surface area (Å²) in [4.78, 5) is 13.9. The van der Waals surface area contributed by atoms with E-state index in [-0.39, 0.29) is 5.97 Å². The van der Waals surface area contributed by atoms with E-state index in [0.717, 1.165) is 16.0 Å². The minimum absolute atomic E-state index is 0.335. The van der Waals surface area contributed by atoms with Crippen molar-refractivity contribution in [2.24, 2.45) is 0 Å². The van der Waals surface area contributed by atoms with Crippen LogP contribution in [-0.4, -0.2) is 19.6 Å². The van der Waals surface area contributed by atoms with E-state index in [1.165, 1.54) is 5.56 Å². The number of carbonyl (C=O) groups excluding carboxylic acids is 1. The first-order valence-corrected chi connectivity index (χ1v) is 8.19. The summed E-state index contributed by atoms with van der Waals surface area (Å²) in [5.74, 6) is -0.386. The van der Waals surface area contributed by atoms with Crippen LogP contribution in [0.15, 0.2) is 33.4 Å². The molecule has 0 aliphatic rings. The van der Waals surface area contributed by atoms with E-state index in [1.54, 1.807) is 24.3 Å². The van der Waals surface area contributed by atoms with Gasteiger partial charge in [-0.05, 0) is 52.0 Å². The second-order valence-corrected chi connectivity index (χ2v) is 6.86. The van der Waals surface area contributed by atoms with E-state index < -0.39 is 0 Å². The summed E-state index contributed by atoms with van der Waals surface area (Å²) in [5.41, 5.74) is 9.00. The van der Waals surface area contributed by atoms with Gasteiger partial charge in [0.15, 0.2) is 0 Å². The summed E-state index contributed by atoms with van der Waals surface area (Å²) in [6.07, 6.45) is 0. The summed E-state index contributed by atoms with van der Waals surface area (Å²) in [6.45, 7) is 2.83. The van der Waals surface area contributed by atoms with Gasteiger partial charge in [0.2, 0.25) is 0 Å². The van der Waals surface area contributed by atoms with E-state index in [1.807, 2.05) is 24.1 Å². The monoisotopic (exact) mass is 368 g/mol. The van der Waals surface area contributed by atoms with Crippen LogP contribution in [-0.2, 0) is 11.3 Å². The second-order valence-electron chi connectivity index (χ2n) is 4.57. The number of nitrogen functional groups attached to an aromatic ring is 1. The minimum atomic E-state index is -0.386. The number of hydrogen-bond acceptors (Lipinski definition) is 5. The topological polar surface area (TPSA) is 55.6 Å². The molecule has 0 unspecified atom stereocenters. The minimum Gasteiger partial charge on any atom is -0.462 e. The van der Waals surface area contributed by atoms with E-state index in [9.17, 15) is 4.79 Å². The molecule has 0 bridgehead atoms. The number of thiophene rings is 1. The van der Waals surface area contributed by atoms with Crippen LogP contribution in [0.25, 0.3) is 0 Å². The van der Waals surface area contributed by atoms with Crippen LogP contribution >= 0.6 is 27.3 Å². The van der Waals surface area contributed by atoms with E-state index >= 15 is 0 Å². The molecule has 112 valence electrons. The Morgan fingerprint density at radius 3 is 2.86 bits per heavy atom. The maximum absolute atomic E-state index is 11.9. The lowest BCUT2D eigenvalue weighted by molar-refractivity contribution is 0.0527. The maximum atomic E-state index is 11.9. The quantitative estimate of drug-likeness (QED) is 0.642. The van der Waals surface area contributed by atoms with Gasteiger partial charge in [-0.1, -0.05) is 6.07 Å². The Balaban J connectivity index is 2.23. The zero-order chi connectivity index (χ0) is 15.4. The molecule has 2 N–H and O–H groups in total. The SMILES string of the molecule is CCOC(=O)c1cccc(N(C)Cc2csc(Br)c2)c1N. The van der Waals surface area contributed by atoms with Crippen LogP contribution in [0.1, 0.15) is 22.8 Å². The molecule has 1 aromatic heterocycles. The fraction of sp³-hybridized carbons (Fsp3) is 0.267. The number of para-hydroxylation sites is 1. The lowest BCUT2D eigenvalue weighted by atomic mass is 10.1. The third-order valence-corrected chi connectivity index (χ3v) is 4.58. The predicted octanol–water partition coefficient (Wildman–Crippen LogP) is 3.91. The summed E-state index contributed by atoms with van der Waals surface area (Å²) < 4.78 is 6.12. The molecule has 1 aromatic carbocycles. The highest BCUT2D eigenvalue weighted by Gasteiger charge is 2.15. The number of carbonyl (C=O) groups is 1. The molecule has 0 atom stereocenters. The van der Waals surface area contributed by atoms with Crippen molar-refractivity contribution in [1.29, 1.82) is 0 Å². The Labute approximate surface area is 136 Å². The first-order chi connectivity index (χ1) is 10.0. The molecule has 0 saturated heterocycles. The molecule has 0 fully saturated rings. The Kier molecular flexibility index (Phi) is 5.25. The van der Waals surface area contributed by atoms with Gasteiger partial charge in [-0.2, -0.15) is 0 Å². The average molecular weight is 369 g/mol. The number of anilines is 2. The molecule has 4 nitrogen and oxygen atoms in total. The molecule has 0 amide bonds. The number of halogens is 1. The Morgan fingerprint density at radius 1 is 1.48 bits per heavy atom. The number of rotatable bonds is 5. The second kappa shape index (κ2) is 6.95. The third-order valence-electron chi connectivity index (χ3n) is 3.03. The van der Waals surface area contributed by atoms with E-state index in [4.69, 9.17) is 10.5 Å². The molecular weight excluding hydrogens is 352 g/mol. The van der Waals surface area contributed by atoms with Crippen molar-refractivity contribution in [1.82, 2.24) is 0 Å². The molecular formula is C15H17BrN2O2S. The van der Waals surface area contributed by atoms with Crippen LogP contribution in [0.3, 0.4) is 0 Å². The zero-order valence-corrected chi connectivity index (χ0v) is 14.3. The lowest BCUT2D eigenvalue weighted by Gasteiger charge is -2.21. The van der Waals surface area contributed by atoms with Gasteiger partial charge in [0.1, 0.15) is 0 Å². The van der Waals surface area contributed by atoms with Gasteiger partial charge in [-0.25, -0.2) is 4.79 Å². The summed E-state index contributed by atoms with van der Waals surface area (Å²) >= 11 is 5.10. The number of ether oxygens (including phenoxy) is 1. The van der Waals surface area contributed by atoms with Crippen LogP contribution in [0.4, 0.5) is 11.4 Å². The van der Waals surface area contributed by atoms with Gasteiger partial charge in [-0.15, -0.1) is 11.3 Å². The smallest absolute Gasteiger partial charge is 0.340 e. The van der Waals surface area contributed by atoms with Crippen molar-refractivity contribution < 1.29 is 9.53 Å². The van der Waals surface area contributed by atoms with Gasteiger partial charge in [0.05, 0.1) is 27.3 Å². The van der Waals surface area contributed by atoms with Gasteiger partial charge < -0.3 is 15.4 Å². The molecule has 21 heavy (non-hydrogen) atoms. The predicted molar refractivity (Wildman–Crippen MR) is 90.9 cm³/mol. The number of benzene rings is 1. The largest absolute Gasteiger partial charge is 0.462 e. The normalized spacial score (nSPS) is 10.4. The van der Waals surface area contributed by atoms with E-state index in [2.05, 4.69) is 27.4 Å². The fourth-order valence-electron chi connectivity index (χ4n) is 2.06. The average Bonchev–Trinajstić information content (AvgIpc) is 2.84. The fourth-order valence-corrected chi connectivity index (χ4v) is 3.26. The maximum Gasteiger partial charge on any atom is 0.340 e. The van der Waals surface area contributed by atoms with Crippen molar-refractivity contribution in [2.75, 3.05) is 24.3 Å². The number of nitrogens with zero attached hydrogens (tertiary/aromatic N) is 1. The molecule has 0 aliphatic carbocycles. The molecule has 0 spiro atoms. The summed E-state index contributed by atoms with van der Waals surface area (Å²) in [7, 11) is 1.95. The Bertz CT molecular complexity index is 642. The zero-order valence-electron chi connectivity index (χ0n) is 11.9. The van der Waals surface area contributed by atoms with Gasteiger partial charge in [0.25, 0.3) is 0 Å². The lowest BCUT2D eigenvalue weighted by Crippen LogP contribution is -2.19. The van der Waals surface area contributed by atoms with Crippen molar-refractivity contribution in [2.45, 2.75) is 13.5 Å². The molecule has 1 heterocycles. The van der Waals surface area contributed by atoms with Gasteiger partial charge in [-0.3, -0.25) is 0 Å². The van der Waals surface area contributed by atoms with Crippen molar-refractivity contribution in [3.8, 4) is 0 Å². The molecule has 0 aliphatic heterocycles.